The van der Waals surface area contributed by atoms with Gasteiger partial charge < -0.3 is 25.2 Å². The van der Waals surface area contributed by atoms with Crippen LogP contribution in [0.25, 0.3) is 22.0 Å². The maximum Gasteiger partial charge on any atom is 0.292 e. The van der Waals surface area contributed by atoms with Crippen molar-refractivity contribution in [2.75, 3.05) is 32.8 Å². The number of ether oxygens (including phenoxy) is 1. The summed E-state index contributed by atoms with van der Waals surface area (Å²) in [6.45, 7) is 5.17. The number of aromatic nitrogens is 2. The maximum absolute atomic E-state index is 14.7. The molecule has 5 rings (SSSR count). The van der Waals surface area contributed by atoms with Gasteiger partial charge in [-0.2, -0.15) is 5.10 Å². The SMILES string of the molecule is Cc1c(F)cc([C@@H](O)[C@@H](CN2CCCC2)NC(=O)C(=O)c2ccc(-c3ccc4c(C)n(C)nc4c3)cc2)cc1OCCO. The van der Waals surface area contributed by atoms with Crippen LogP contribution in [-0.4, -0.2) is 75.5 Å². The standard InChI is InChI=1S/C33H37FN4O5/c1-20-27(34)16-25(18-30(20)43-15-14-39)31(40)29(19-38-12-4-5-13-38)35-33(42)32(41)23-8-6-22(7-9-23)24-10-11-26-21(2)37(3)36-28(26)17-24/h6-11,16-18,29,31,39-40H,4-5,12-15,19H2,1-3H3,(H,35,42)/t29-,31-/m1/s1. The Hall–Kier alpha value is -4.12. The van der Waals surface area contributed by atoms with Crippen LogP contribution in [0.5, 0.6) is 5.75 Å². The second-order valence-corrected chi connectivity index (χ2v) is 11.1. The monoisotopic (exact) mass is 588 g/mol. The quantitative estimate of drug-likeness (QED) is 0.180. The van der Waals surface area contributed by atoms with E-state index >= 15 is 0 Å². The summed E-state index contributed by atoms with van der Waals surface area (Å²) in [5.41, 5.74) is 4.44. The van der Waals surface area contributed by atoms with Gasteiger partial charge in [0.1, 0.15) is 24.3 Å². The zero-order valence-electron chi connectivity index (χ0n) is 24.6. The number of aliphatic hydroxyl groups is 2. The van der Waals surface area contributed by atoms with E-state index in [1.165, 1.54) is 12.1 Å². The van der Waals surface area contributed by atoms with Crippen molar-refractivity contribution < 1.29 is 28.9 Å². The van der Waals surface area contributed by atoms with Gasteiger partial charge in [0.2, 0.25) is 5.78 Å². The summed E-state index contributed by atoms with van der Waals surface area (Å²) in [6, 6.07) is 14.6. The molecule has 0 bridgehead atoms. The van der Waals surface area contributed by atoms with Gasteiger partial charge in [0.05, 0.1) is 18.2 Å². The van der Waals surface area contributed by atoms with Crippen molar-refractivity contribution >= 4 is 22.6 Å². The third kappa shape index (κ3) is 6.61. The molecular weight excluding hydrogens is 551 g/mol. The first-order valence-corrected chi connectivity index (χ1v) is 14.5. The van der Waals surface area contributed by atoms with Crippen LogP contribution in [0.2, 0.25) is 0 Å². The van der Waals surface area contributed by atoms with Gasteiger partial charge in [-0.25, -0.2) is 4.39 Å². The number of fused-ring (bicyclic) bond motifs is 1. The fraction of sp³-hybridized carbons (Fsp3) is 0.364. The van der Waals surface area contributed by atoms with E-state index in [9.17, 15) is 19.1 Å². The molecule has 3 aromatic carbocycles. The molecule has 1 aromatic heterocycles. The van der Waals surface area contributed by atoms with Gasteiger partial charge in [-0.05, 0) is 74.7 Å². The number of likely N-dealkylation sites (tertiary alicyclic amines) is 1. The van der Waals surface area contributed by atoms with E-state index < -0.39 is 29.7 Å². The molecule has 2 heterocycles. The molecule has 3 N–H and O–H groups in total. The molecule has 1 aliphatic heterocycles. The third-order valence-corrected chi connectivity index (χ3v) is 8.18. The Balaban J connectivity index is 1.34. The highest BCUT2D eigenvalue weighted by Gasteiger charge is 2.30. The van der Waals surface area contributed by atoms with Gasteiger partial charge in [-0.3, -0.25) is 14.3 Å². The molecule has 1 amide bonds. The van der Waals surface area contributed by atoms with Crippen LogP contribution in [0.15, 0.2) is 54.6 Å². The van der Waals surface area contributed by atoms with E-state index in [1.807, 2.05) is 36.9 Å². The Morgan fingerprint density at radius 1 is 1.05 bits per heavy atom. The Labute approximate surface area is 249 Å². The largest absolute Gasteiger partial charge is 0.491 e. The molecule has 0 radical (unpaired) electrons. The molecule has 10 heteroatoms. The van der Waals surface area contributed by atoms with E-state index in [0.29, 0.717) is 0 Å². The number of rotatable bonds is 11. The van der Waals surface area contributed by atoms with E-state index in [1.54, 1.807) is 31.2 Å². The summed E-state index contributed by atoms with van der Waals surface area (Å²) in [6.07, 6.45) is 0.678. The second-order valence-electron chi connectivity index (χ2n) is 11.1. The lowest BCUT2D eigenvalue weighted by molar-refractivity contribution is -0.118. The van der Waals surface area contributed by atoms with E-state index in [0.717, 1.165) is 53.7 Å². The van der Waals surface area contributed by atoms with Gasteiger partial charge in [0, 0.05) is 35.8 Å². The summed E-state index contributed by atoms with van der Waals surface area (Å²) < 4.78 is 22.0. The minimum Gasteiger partial charge on any atom is -0.491 e. The molecule has 0 unspecified atom stereocenters. The minimum atomic E-state index is -1.31. The van der Waals surface area contributed by atoms with Crippen molar-refractivity contribution in [2.45, 2.75) is 38.8 Å². The summed E-state index contributed by atoms with van der Waals surface area (Å²) in [4.78, 5) is 28.5. The number of aliphatic hydroxyl groups excluding tert-OH is 2. The molecule has 2 atom stereocenters. The Morgan fingerprint density at radius 2 is 1.74 bits per heavy atom. The number of ketones is 1. The topological polar surface area (TPSA) is 117 Å². The van der Waals surface area contributed by atoms with E-state index in [-0.39, 0.29) is 42.2 Å². The zero-order chi connectivity index (χ0) is 30.7. The highest BCUT2D eigenvalue weighted by atomic mass is 19.1. The fourth-order valence-electron chi connectivity index (χ4n) is 5.54. The number of nitrogens with zero attached hydrogens (tertiary/aromatic N) is 3. The number of nitrogens with one attached hydrogen (secondary N) is 1. The number of aryl methyl sites for hydroxylation is 2. The number of hydrogen-bond donors (Lipinski definition) is 3. The molecule has 9 nitrogen and oxygen atoms in total. The van der Waals surface area contributed by atoms with Gasteiger partial charge >= 0.3 is 0 Å². The van der Waals surface area contributed by atoms with Crippen molar-refractivity contribution in [1.82, 2.24) is 20.0 Å². The van der Waals surface area contributed by atoms with Crippen molar-refractivity contribution in [3.63, 3.8) is 0 Å². The molecule has 226 valence electrons. The number of benzene rings is 3. The lowest BCUT2D eigenvalue weighted by Crippen LogP contribution is -2.48. The summed E-state index contributed by atoms with van der Waals surface area (Å²) in [5, 5.41) is 28.8. The number of amides is 1. The first-order valence-electron chi connectivity index (χ1n) is 14.5. The summed E-state index contributed by atoms with van der Waals surface area (Å²) in [7, 11) is 1.90. The minimum absolute atomic E-state index is 0.0293. The molecular formula is C33H37FN4O5. The number of Topliss-reactive ketones (excluding diaryl/α,β-unsaturated/α-hetero) is 1. The van der Waals surface area contributed by atoms with Crippen LogP contribution in [-0.2, 0) is 11.8 Å². The lowest BCUT2D eigenvalue weighted by atomic mass is 9.98. The van der Waals surface area contributed by atoms with Crippen LogP contribution < -0.4 is 10.1 Å². The number of carbonyl (C=O) groups is 2. The van der Waals surface area contributed by atoms with Crippen LogP contribution >= 0.6 is 0 Å². The molecule has 4 aromatic rings. The van der Waals surface area contributed by atoms with Crippen molar-refractivity contribution in [3.8, 4) is 16.9 Å². The number of hydrogen-bond acceptors (Lipinski definition) is 7. The molecule has 43 heavy (non-hydrogen) atoms. The first kappa shape index (κ1) is 30.3. The zero-order valence-corrected chi connectivity index (χ0v) is 24.6. The molecule has 1 aliphatic rings. The van der Waals surface area contributed by atoms with Crippen molar-refractivity contribution in [2.24, 2.45) is 7.05 Å². The van der Waals surface area contributed by atoms with Gasteiger partial charge in [0.25, 0.3) is 5.91 Å². The van der Waals surface area contributed by atoms with Gasteiger partial charge in [-0.1, -0.05) is 36.4 Å². The number of halogens is 1. The smallest absolute Gasteiger partial charge is 0.292 e. The van der Waals surface area contributed by atoms with Crippen LogP contribution in [0.4, 0.5) is 4.39 Å². The predicted molar refractivity (Wildman–Crippen MR) is 161 cm³/mol. The first-order chi connectivity index (χ1) is 20.7. The van der Waals surface area contributed by atoms with Crippen molar-refractivity contribution in [1.29, 1.82) is 0 Å². The Bertz CT molecular complexity index is 1630. The lowest BCUT2D eigenvalue weighted by Gasteiger charge is -2.29. The Kier molecular flexibility index (Phi) is 9.19. The Morgan fingerprint density at radius 3 is 2.44 bits per heavy atom. The average Bonchev–Trinajstić information content (AvgIpc) is 3.63. The molecule has 0 aliphatic carbocycles. The third-order valence-electron chi connectivity index (χ3n) is 8.18. The average molecular weight is 589 g/mol. The van der Waals surface area contributed by atoms with Crippen LogP contribution in [0.1, 0.15) is 46.1 Å². The fourth-order valence-corrected chi connectivity index (χ4v) is 5.54. The second kappa shape index (κ2) is 13.0. The van der Waals surface area contributed by atoms with Crippen molar-refractivity contribution in [3.05, 3.63) is 82.8 Å². The van der Waals surface area contributed by atoms with Gasteiger partial charge in [0.15, 0.2) is 0 Å². The highest BCUT2D eigenvalue weighted by Crippen LogP contribution is 2.29. The summed E-state index contributed by atoms with van der Waals surface area (Å²) >= 11 is 0. The van der Waals surface area contributed by atoms with E-state index in [4.69, 9.17) is 9.84 Å². The maximum atomic E-state index is 14.7. The predicted octanol–water partition coefficient (Wildman–Crippen LogP) is 3.86. The van der Waals surface area contributed by atoms with Crippen LogP contribution in [0, 0.1) is 19.7 Å². The summed E-state index contributed by atoms with van der Waals surface area (Å²) in [5.74, 6) is -1.97. The molecule has 1 fully saturated rings. The van der Waals surface area contributed by atoms with Gasteiger partial charge in [-0.15, -0.1) is 0 Å². The highest BCUT2D eigenvalue weighted by molar-refractivity contribution is 6.42. The molecule has 1 saturated heterocycles. The molecule has 0 spiro atoms. The normalized spacial score (nSPS) is 15.0. The van der Waals surface area contributed by atoms with E-state index in [2.05, 4.69) is 15.3 Å². The number of carbonyl (C=O) groups excluding carboxylic acids is 2. The van der Waals surface area contributed by atoms with Crippen LogP contribution in [0.3, 0.4) is 0 Å². The molecule has 0 saturated carbocycles.